The normalized spacial score (nSPS) is 14.3. The Morgan fingerprint density at radius 2 is 1.63 bits per heavy atom. The zero-order valence-corrected chi connectivity index (χ0v) is 10.9. The van der Waals surface area contributed by atoms with Gasteiger partial charge < -0.3 is 5.11 Å². The summed E-state index contributed by atoms with van der Waals surface area (Å²) in [6, 6.07) is 9.97. The third-order valence-electron chi connectivity index (χ3n) is 3.22. The van der Waals surface area contributed by atoms with Crippen LogP contribution >= 0.6 is 11.3 Å². The predicted octanol–water partition coefficient (Wildman–Crippen LogP) is 3.55. The smallest absolute Gasteiger partial charge is 0.335 e. The Morgan fingerprint density at radius 1 is 1.00 bits per heavy atom. The van der Waals surface area contributed by atoms with Crippen LogP contribution in [0.4, 0.5) is 0 Å². The molecule has 0 radical (unpaired) electrons. The molecule has 1 aliphatic carbocycles. The molecule has 19 heavy (non-hydrogen) atoms. The first-order chi connectivity index (χ1) is 9.15. The van der Waals surface area contributed by atoms with E-state index in [0.717, 1.165) is 4.88 Å². The first kappa shape index (κ1) is 12.1. The number of aromatic carboxylic acids is 1. The maximum atomic E-state index is 12.2. The van der Waals surface area contributed by atoms with E-state index < -0.39 is 5.97 Å². The van der Waals surface area contributed by atoms with Crippen LogP contribution < -0.4 is 0 Å². The molecule has 1 saturated carbocycles. The highest BCUT2D eigenvalue weighted by molar-refractivity contribution is 7.14. The van der Waals surface area contributed by atoms with Crippen LogP contribution in [0.1, 0.15) is 49.2 Å². The van der Waals surface area contributed by atoms with E-state index in [1.807, 2.05) is 12.1 Å². The van der Waals surface area contributed by atoms with Gasteiger partial charge in [0.15, 0.2) is 0 Å². The molecule has 0 aliphatic heterocycles. The zero-order valence-electron chi connectivity index (χ0n) is 10.1. The van der Waals surface area contributed by atoms with E-state index in [4.69, 9.17) is 5.11 Å². The summed E-state index contributed by atoms with van der Waals surface area (Å²) in [6.45, 7) is 0. The summed E-state index contributed by atoms with van der Waals surface area (Å²) in [5, 5.41) is 8.82. The van der Waals surface area contributed by atoms with E-state index in [2.05, 4.69) is 0 Å². The van der Waals surface area contributed by atoms with E-state index in [9.17, 15) is 9.59 Å². The summed E-state index contributed by atoms with van der Waals surface area (Å²) in [5.41, 5.74) is 0.732. The quantitative estimate of drug-likeness (QED) is 0.866. The van der Waals surface area contributed by atoms with Gasteiger partial charge in [-0.2, -0.15) is 0 Å². The first-order valence-corrected chi connectivity index (χ1v) is 6.94. The fraction of sp³-hybridized carbons (Fsp3) is 0.200. The molecule has 1 aliphatic rings. The van der Waals surface area contributed by atoms with Crippen molar-refractivity contribution in [1.82, 2.24) is 0 Å². The first-order valence-electron chi connectivity index (χ1n) is 6.13. The fourth-order valence-electron chi connectivity index (χ4n) is 1.97. The van der Waals surface area contributed by atoms with E-state index in [1.54, 1.807) is 23.5 Å². The van der Waals surface area contributed by atoms with Crippen LogP contribution in [0.3, 0.4) is 0 Å². The molecule has 0 saturated heterocycles. The van der Waals surface area contributed by atoms with Gasteiger partial charge in [0.2, 0.25) is 5.78 Å². The number of carbonyl (C=O) groups excluding carboxylic acids is 1. The lowest BCUT2D eigenvalue weighted by Gasteiger charge is -1.99. The van der Waals surface area contributed by atoms with Gasteiger partial charge in [-0.15, -0.1) is 11.3 Å². The minimum atomic E-state index is -0.980. The number of benzene rings is 1. The molecule has 3 nitrogen and oxygen atoms in total. The molecule has 1 heterocycles. The Labute approximate surface area is 114 Å². The van der Waals surface area contributed by atoms with Crippen molar-refractivity contribution in [2.75, 3.05) is 0 Å². The van der Waals surface area contributed by atoms with Gasteiger partial charge in [-0.3, -0.25) is 4.79 Å². The van der Waals surface area contributed by atoms with Gasteiger partial charge in [0, 0.05) is 10.4 Å². The minimum Gasteiger partial charge on any atom is -0.478 e. The number of hydrogen-bond donors (Lipinski definition) is 1. The molecule has 0 spiro atoms. The minimum absolute atomic E-state index is 0.0335. The molecular formula is C15H12O3S. The summed E-state index contributed by atoms with van der Waals surface area (Å²) >= 11 is 1.55. The van der Waals surface area contributed by atoms with Gasteiger partial charge >= 0.3 is 5.97 Å². The Morgan fingerprint density at radius 3 is 2.21 bits per heavy atom. The number of carboxylic acid groups (broad SMARTS) is 1. The number of rotatable bonds is 4. The van der Waals surface area contributed by atoms with Gasteiger partial charge in [0.25, 0.3) is 0 Å². The molecular weight excluding hydrogens is 260 g/mol. The Balaban J connectivity index is 1.83. The Kier molecular flexibility index (Phi) is 2.95. The van der Waals surface area contributed by atoms with Crippen molar-refractivity contribution in [2.24, 2.45) is 0 Å². The van der Waals surface area contributed by atoms with Crippen molar-refractivity contribution in [2.45, 2.75) is 18.8 Å². The Bertz CT molecular complexity index is 636. The second kappa shape index (κ2) is 4.63. The summed E-state index contributed by atoms with van der Waals surface area (Å²) < 4.78 is 0. The summed E-state index contributed by atoms with van der Waals surface area (Å²) in [6.07, 6.45) is 2.45. The highest BCUT2D eigenvalue weighted by Crippen LogP contribution is 2.43. The average molecular weight is 272 g/mol. The molecule has 1 fully saturated rings. The molecule has 0 amide bonds. The largest absolute Gasteiger partial charge is 0.478 e. The third kappa shape index (κ3) is 2.44. The maximum absolute atomic E-state index is 12.2. The highest BCUT2D eigenvalue weighted by atomic mass is 32.1. The van der Waals surface area contributed by atoms with Crippen LogP contribution in [-0.2, 0) is 0 Å². The third-order valence-corrected chi connectivity index (χ3v) is 4.47. The molecule has 4 heteroatoms. The Hall–Kier alpha value is -1.94. The highest BCUT2D eigenvalue weighted by Gasteiger charge is 2.26. The molecule has 96 valence electrons. The van der Waals surface area contributed by atoms with E-state index in [-0.39, 0.29) is 11.3 Å². The summed E-state index contributed by atoms with van der Waals surface area (Å²) in [7, 11) is 0. The lowest BCUT2D eigenvalue weighted by molar-refractivity contribution is 0.0696. The molecule has 3 rings (SSSR count). The predicted molar refractivity (Wildman–Crippen MR) is 73.1 cm³/mol. The summed E-state index contributed by atoms with van der Waals surface area (Å²) in [5.74, 6) is -0.360. The summed E-state index contributed by atoms with van der Waals surface area (Å²) in [4.78, 5) is 25.0. The topological polar surface area (TPSA) is 54.4 Å². The molecule has 2 aromatic rings. The number of ketones is 1. The number of carbonyl (C=O) groups is 2. The second-order valence-electron chi connectivity index (χ2n) is 4.69. The number of thiophene rings is 1. The fourth-order valence-corrected chi connectivity index (χ4v) is 3.11. The lowest BCUT2D eigenvalue weighted by atomic mass is 10.1. The zero-order chi connectivity index (χ0) is 13.4. The van der Waals surface area contributed by atoms with Gasteiger partial charge in [0.05, 0.1) is 10.4 Å². The van der Waals surface area contributed by atoms with Gasteiger partial charge in [-0.05, 0) is 43.0 Å². The van der Waals surface area contributed by atoms with Gasteiger partial charge in [-0.25, -0.2) is 4.79 Å². The van der Waals surface area contributed by atoms with Crippen LogP contribution in [0.2, 0.25) is 0 Å². The van der Waals surface area contributed by atoms with Crippen molar-refractivity contribution >= 4 is 23.1 Å². The van der Waals surface area contributed by atoms with Gasteiger partial charge in [-0.1, -0.05) is 12.1 Å². The van der Waals surface area contributed by atoms with Crippen LogP contribution in [0.15, 0.2) is 36.4 Å². The molecule has 0 unspecified atom stereocenters. The van der Waals surface area contributed by atoms with Crippen molar-refractivity contribution in [3.05, 3.63) is 57.3 Å². The van der Waals surface area contributed by atoms with Crippen LogP contribution in [-0.4, -0.2) is 16.9 Å². The molecule has 0 bridgehead atoms. The van der Waals surface area contributed by atoms with Crippen LogP contribution in [0.5, 0.6) is 0 Å². The molecule has 1 aromatic carbocycles. The molecule has 1 N–H and O–H groups in total. The van der Waals surface area contributed by atoms with Crippen LogP contribution in [0.25, 0.3) is 0 Å². The van der Waals surface area contributed by atoms with Crippen molar-refractivity contribution in [3.8, 4) is 0 Å². The van der Waals surface area contributed by atoms with Gasteiger partial charge in [0.1, 0.15) is 0 Å². The average Bonchev–Trinajstić information content (AvgIpc) is 3.16. The van der Waals surface area contributed by atoms with Crippen molar-refractivity contribution in [3.63, 3.8) is 0 Å². The number of hydrogen-bond acceptors (Lipinski definition) is 3. The monoisotopic (exact) mass is 272 g/mol. The van der Waals surface area contributed by atoms with Crippen molar-refractivity contribution in [1.29, 1.82) is 0 Å². The number of carboxylic acids is 1. The second-order valence-corrected chi connectivity index (χ2v) is 5.80. The van der Waals surface area contributed by atoms with E-state index in [0.29, 0.717) is 11.5 Å². The maximum Gasteiger partial charge on any atom is 0.335 e. The molecule has 1 aromatic heterocycles. The standard InChI is InChI=1S/C15H12O3S/c16-14(10-3-5-11(6-4-10)15(17)18)13-8-7-12(19-13)9-1-2-9/h3-9H,1-2H2,(H,17,18). The lowest BCUT2D eigenvalue weighted by Crippen LogP contribution is -2.01. The molecule has 0 atom stereocenters. The van der Waals surface area contributed by atoms with Crippen molar-refractivity contribution < 1.29 is 14.7 Å². The van der Waals surface area contributed by atoms with E-state index in [1.165, 1.54) is 29.9 Å². The van der Waals surface area contributed by atoms with Crippen LogP contribution in [0, 0.1) is 0 Å². The SMILES string of the molecule is O=C(O)c1ccc(C(=O)c2ccc(C3CC3)s2)cc1. The van der Waals surface area contributed by atoms with E-state index >= 15 is 0 Å².